The molecule has 2 heterocycles. The number of fused-ring (bicyclic) bond motifs is 3. The van der Waals surface area contributed by atoms with E-state index in [2.05, 4.69) is 21.2 Å². The summed E-state index contributed by atoms with van der Waals surface area (Å²) >= 11 is 9.90. The Kier molecular flexibility index (Phi) is 5.20. The van der Waals surface area contributed by atoms with E-state index in [-0.39, 0.29) is 11.9 Å². The maximum atomic E-state index is 14.9. The van der Waals surface area contributed by atoms with Crippen molar-refractivity contribution < 1.29 is 9.13 Å². The molecule has 1 aromatic heterocycles. The van der Waals surface area contributed by atoms with E-state index in [1.54, 1.807) is 6.07 Å². The number of allylic oxidation sites excluding steroid dienone is 1. The van der Waals surface area contributed by atoms with Crippen molar-refractivity contribution in [2.75, 3.05) is 11.9 Å². The molecule has 4 nitrogen and oxygen atoms in total. The molecule has 156 valence electrons. The topological polar surface area (TPSA) is 39.1 Å². The summed E-state index contributed by atoms with van der Waals surface area (Å²) in [5.41, 5.74) is 3.98. The molecule has 7 heteroatoms. The molecule has 1 aliphatic heterocycles. The second kappa shape index (κ2) is 8.02. The minimum Gasteiger partial charge on any atom is -0.492 e. The lowest BCUT2D eigenvalue weighted by Crippen LogP contribution is -2.20. The zero-order valence-corrected chi connectivity index (χ0v) is 18.9. The number of imidazole rings is 1. The van der Waals surface area contributed by atoms with Crippen molar-refractivity contribution in [3.63, 3.8) is 0 Å². The molecule has 3 aromatic carbocycles. The summed E-state index contributed by atoms with van der Waals surface area (Å²) in [7, 11) is 0. The van der Waals surface area contributed by atoms with E-state index >= 15 is 0 Å². The second-order valence-corrected chi connectivity index (χ2v) is 8.51. The fraction of sp³-hybridized carbons (Fsp3) is 0.125. The normalized spacial score (nSPS) is 15.4. The molecule has 4 aromatic rings. The number of anilines is 1. The molecule has 0 aliphatic carbocycles. The molecule has 0 saturated carbocycles. The number of para-hydroxylation sites is 2. The van der Waals surface area contributed by atoms with Crippen LogP contribution in [0.3, 0.4) is 0 Å². The van der Waals surface area contributed by atoms with Gasteiger partial charge in [-0.15, -0.1) is 0 Å². The fourth-order valence-electron chi connectivity index (χ4n) is 3.89. The molecule has 0 fully saturated rings. The third kappa shape index (κ3) is 3.60. The van der Waals surface area contributed by atoms with Crippen molar-refractivity contribution in [2.45, 2.75) is 13.0 Å². The van der Waals surface area contributed by atoms with Crippen LogP contribution >= 0.6 is 27.5 Å². The van der Waals surface area contributed by atoms with Crippen molar-refractivity contribution in [3.05, 3.63) is 93.2 Å². The minimum absolute atomic E-state index is 0.279. The summed E-state index contributed by atoms with van der Waals surface area (Å²) in [6.07, 6.45) is 2.00. The van der Waals surface area contributed by atoms with Gasteiger partial charge in [0, 0.05) is 15.7 Å². The Labute approximate surface area is 192 Å². The van der Waals surface area contributed by atoms with E-state index in [9.17, 15) is 4.39 Å². The molecule has 31 heavy (non-hydrogen) atoms. The first-order chi connectivity index (χ1) is 15.0. The number of aromatic nitrogens is 2. The van der Waals surface area contributed by atoms with Crippen molar-refractivity contribution in [3.8, 4) is 5.75 Å². The number of nitrogens with zero attached hydrogens (tertiary/aromatic N) is 2. The number of benzene rings is 3. The maximum absolute atomic E-state index is 14.9. The van der Waals surface area contributed by atoms with Gasteiger partial charge in [0.1, 0.15) is 11.6 Å². The number of halogens is 3. The Balaban J connectivity index is 1.69. The van der Waals surface area contributed by atoms with Crippen LogP contribution < -0.4 is 10.1 Å². The predicted octanol–water partition coefficient (Wildman–Crippen LogP) is 7.05. The quantitative estimate of drug-likeness (QED) is 0.328. The van der Waals surface area contributed by atoms with Crippen LogP contribution in [0.5, 0.6) is 5.75 Å². The number of rotatable bonds is 4. The largest absolute Gasteiger partial charge is 0.492 e. The van der Waals surface area contributed by atoms with E-state index in [0.29, 0.717) is 28.9 Å². The van der Waals surface area contributed by atoms with E-state index in [4.69, 9.17) is 21.3 Å². The van der Waals surface area contributed by atoms with Crippen molar-refractivity contribution in [2.24, 2.45) is 0 Å². The van der Waals surface area contributed by atoms with Crippen LogP contribution in [-0.4, -0.2) is 16.2 Å². The van der Waals surface area contributed by atoms with Gasteiger partial charge < -0.3 is 10.1 Å². The monoisotopic (exact) mass is 497 g/mol. The molecular weight excluding hydrogens is 481 g/mol. The van der Waals surface area contributed by atoms with E-state index in [1.165, 1.54) is 6.07 Å². The Bertz CT molecular complexity index is 1330. The number of hydrogen-bond donors (Lipinski definition) is 1. The standard InChI is InChI=1S/C24H18BrClFN3O/c1-2-31-23-10-7-14(11-17(23)26)20-13-22(16-12-15(25)8-9-18(16)27)30-21-6-4-3-5-19(21)28-24(30)29-20/h3-13,22H,2H2,1H3,(H,28,29). The van der Waals surface area contributed by atoms with Crippen LogP contribution in [-0.2, 0) is 0 Å². The average molecular weight is 499 g/mol. The van der Waals surface area contributed by atoms with Gasteiger partial charge in [-0.1, -0.05) is 39.7 Å². The highest BCUT2D eigenvalue weighted by molar-refractivity contribution is 9.10. The van der Waals surface area contributed by atoms with E-state index in [1.807, 2.05) is 66.1 Å². The molecule has 1 atom stereocenters. The van der Waals surface area contributed by atoms with Crippen LogP contribution in [0.15, 0.2) is 71.2 Å². The van der Waals surface area contributed by atoms with E-state index in [0.717, 1.165) is 26.8 Å². The van der Waals surface area contributed by atoms with Gasteiger partial charge in [0.05, 0.1) is 28.7 Å². The highest BCUT2D eigenvalue weighted by Gasteiger charge is 2.27. The molecule has 0 spiro atoms. The highest BCUT2D eigenvalue weighted by Crippen LogP contribution is 2.39. The minimum atomic E-state index is -0.388. The van der Waals surface area contributed by atoms with Crippen LogP contribution in [0.2, 0.25) is 5.02 Å². The number of nitrogens with one attached hydrogen (secondary N) is 1. The molecular formula is C24H18BrClFN3O. The van der Waals surface area contributed by atoms with Gasteiger partial charge >= 0.3 is 0 Å². The first-order valence-electron chi connectivity index (χ1n) is 9.88. The number of hydrogen-bond acceptors (Lipinski definition) is 3. The van der Waals surface area contributed by atoms with Gasteiger partial charge in [0.2, 0.25) is 5.95 Å². The molecule has 0 saturated heterocycles. The summed E-state index contributed by atoms with van der Waals surface area (Å²) in [6.45, 7) is 2.45. The van der Waals surface area contributed by atoms with Gasteiger partial charge in [-0.3, -0.25) is 4.57 Å². The SMILES string of the molecule is CCOc1ccc(C2=CC(c3cc(Br)ccc3F)n3c(nc4ccccc43)N2)cc1Cl. The molecule has 1 aliphatic rings. The zero-order chi connectivity index (χ0) is 21.5. The van der Waals surface area contributed by atoms with Crippen molar-refractivity contribution >= 4 is 50.2 Å². The van der Waals surface area contributed by atoms with Crippen LogP contribution in [0.25, 0.3) is 16.7 Å². The average Bonchev–Trinajstić information content (AvgIpc) is 3.15. The molecule has 1 N–H and O–H groups in total. The third-order valence-electron chi connectivity index (χ3n) is 5.26. The van der Waals surface area contributed by atoms with E-state index < -0.39 is 0 Å². The first kappa shape index (κ1) is 20.1. The lowest BCUT2D eigenvalue weighted by molar-refractivity contribution is 0.340. The van der Waals surface area contributed by atoms with Gasteiger partial charge in [0.25, 0.3) is 0 Å². The first-order valence-corrected chi connectivity index (χ1v) is 11.1. The molecule has 0 amide bonds. The van der Waals surface area contributed by atoms with Crippen molar-refractivity contribution in [1.29, 1.82) is 0 Å². The number of ether oxygens (including phenoxy) is 1. The summed E-state index contributed by atoms with van der Waals surface area (Å²) in [4.78, 5) is 4.75. The smallest absolute Gasteiger partial charge is 0.209 e. The zero-order valence-electron chi connectivity index (χ0n) is 16.6. The Morgan fingerprint density at radius 3 is 2.81 bits per heavy atom. The van der Waals surface area contributed by atoms with Crippen LogP contribution in [0.4, 0.5) is 10.3 Å². The third-order valence-corrected chi connectivity index (χ3v) is 6.05. The van der Waals surface area contributed by atoms with Crippen LogP contribution in [0, 0.1) is 5.82 Å². The molecule has 0 radical (unpaired) electrons. The molecule has 0 bridgehead atoms. The van der Waals surface area contributed by atoms with Gasteiger partial charge in [-0.05, 0) is 67.1 Å². The predicted molar refractivity (Wildman–Crippen MR) is 126 cm³/mol. The summed E-state index contributed by atoms with van der Waals surface area (Å²) < 4.78 is 23.3. The lowest BCUT2D eigenvalue weighted by atomic mass is 10.0. The second-order valence-electron chi connectivity index (χ2n) is 7.19. The highest BCUT2D eigenvalue weighted by atomic mass is 79.9. The Morgan fingerprint density at radius 1 is 1.16 bits per heavy atom. The van der Waals surface area contributed by atoms with Gasteiger partial charge in [-0.2, -0.15) is 0 Å². The Morgan fingerprint density at radius 2 is 2.00 bits per heavy atom. The van der Waals surface area contributed by atoms with Crippen LogP contribution in [0.1, 0.15) is 24.1 Å². The maximum Gasteiger partial charge on any atom is 0.209 e. The fourth-order valence-corrected chi connectivity index (χ4v) is 4.50. The van der Waals surface area contributed by atoms with Gasteiger partial charge in [0.15, 0.2) is 0 Å². The molecule has 1 unspecified atom stereocenters. The lowest BCUT2D eigenvalue weighted by Gasteiger charge is -2.27. The summed E-state index contributed by atoms with van der Waals surface area (Å²) in [5, 5.41) is 3.91. The van der Waals surface area contributed by atoms with Crippen molar-refractivity contribution in [1.82, 2.24) is 9.55 Å². The van der Waals surface area contributed by atoms with Gasteiger partial charge in [-0.25, -0.2) is 9.37 Å². The summed E-state index contributed by atoms with van der Waals surface area (Å²) in [5.74, 6) is 0.999. The summed E-state index contributed by atoms with van der Waals surface area (Å²) in [6, 6.07) is 18.0. The molecule has 5 rings (SSSR count). The Hall–Kier alpha value is -2.83.